The second-order valence-corrected chi connectivity index (χ2v) is 11.7. The van der Waals surface area contributed by atoms with E-state index in [1.54, 1.807) is 20.0 Å². The average molecular weight is 535 g/mol. The Bertz CT molecular complexity index is 1440. The van der Waals surface area contributed by atoms with Gasteiger partial charge in [0.15, 0.2) is 0 Å². The maximum Gasteiger partial charge on any atom is 0.227 e. The number of aromatic nitrogens is 4. The molecule has 0 aliphatic heterocycles. The molecule has 3 aromatic heterocycles. The number of nitrogens with zero attached hydrogens (tertiary/aromatic N) is 5. The molecule has 9 nitrogen and oxygen atoms in total. The molecule has 0 amide bonds. The molecule has 1 saturated carbocycles. The standard InChI is InChI=1S/C28H34N6O3S/c1-15-21(26-32-22-16(2)29-12-11-20(22)38-26)25(31-19-13-18(28(3,4)37)23(35)24(19)36)33-27(30-15)34(5)14-17-9-7-6-8-10-17/h6-12,18-19,23-24,35-37H,13-14H2,1-5H3,(H,30,31,33)/t18-,19+,23+,24-/m0/s1. The molecule has 1 aromatic carbocycles. The van der Waals surface area contributed by atoms with E-state index in [0.29, 0.717) is 24.7 Å². The van der Waals surface area contributed by atoms with Gasteiger partial charge in [0.05, 0.1) is 39.4 Å². The molecule has 4 aromatic rings. The molecule has 1 aliphatic rings. The largest absolute Gasteiger partial charge is 0.390 e. The minimum Gasteiger partial charge on any atom is -0.390 e. The molecule has 0 bridgehead atoms. The van der Waals surface area contributed by atoms with Crippen molar-refractivity contribution in [3.05, 3.63) is 59.5 Å². The van der Waals surface area contributed by atoms with Gasteiger partial charge in [0.2, 0.25) is 5.95 Å². The van der Waals surface area contributed by atoms with Gasteiger partial charge in [-0.15, -0.1) is 11.3 Å². The number of nitrogens with one attached hydrogen (secondary N) is 1. The summed E-state index contributed by atoms with van der Waals surface area (Å²) in [6.45, 7) is 7.80. The van der Waals surface area contributed by atoms with Gasteiger partial charge >= 0.3 is 0 Å². The second-order valence-electron chi connectivity index (χ2n) is 10.7. The van der Waals surface area contributed by atoms with Crippen LogP contribution in [0.3, 0.4) is 0 Å². The summed E-state index contributed by atoms with van der Waals surface area (Å²) < 4.78 is 1.02. The van der Waals surface area contributed by atoms with Crippen molar-refractivity contribution in [2.75, 3.05) is 17.3 Å². The fraction of sp³-hybridized carbons (Fsp3) is 0.429. The van der Waals surface area contributed by atoms with Crippen LogP contribution in [0.25, 0.3) is 20.8 Å². The van der Waals surface area contributed by atoms with E-state index < -0.39 is 29.8 Å². The summed E-state index contributed by atoms with van der Waals surface area (Å²) in [5, 5.41) is 36.4. The highest BCUT2D eigenvalue weighted by atomic mass is 32.1. The lowest BCUT2D eigenvalue weighted by Crippen LogP contribution is -2.40. The fourth-order valence-corrected chi connectivity index (χ4v) is 6.27. The van der Waals surface area contributed by atoms with Crippen LogP contribution in [0, 0.1) is 19.8 Å². The predicted molar refractivity (Wildman–Crippen MR) is 150 cm³/mol. The van der Waals surface area contributed by atoms with Crippen LogP contribution in [0.4, 0.5) is 11.8 Å². The van der Waals surface area contributed by atoms with Crippen LogP contribution in [0.2, 0.25) is 0 Å². The Morgan fingerprint density at radius 2 is 1.76 bits per heavy atom. The lowest BCUT2D eigenvalue weighted by atomic mass is 9.88. The number of anilines is 2. The maximum absolute atomic E-state index is 10.9. The van der Waals surface area contributed by atoms with E-state index in [0.717, 1.165) is 37.7 Å². The number of hydrogen-bond acceptors (Lipinski definition) is 10. The number of fused-ring (bicyclic) bond motifs is 1. The van der Waals surface area contributed by atoms with Gasteiger partial charge in [0, 0.05) is 25.7 Å². The zero-order valence-corrected chi connectivity index (χ0v) is 23.1. The molecular weight excluding hydrogens is 500 g/mol. The highest BCUT2D eigenvalue weighted by molar-refractivity contribution is 7.21. The van der Waals surface area contributed by atoms with Gasteiger partial charge in [0.25, 0.3) is 0 Å². The van der Waals surface area contributed by atoms with E-state index in [9.17, 15) is 15.3 Å². The average Bonchev–Trinajstić information content (AvgIpc) is 3.42. The molecule has 200 valence electrons. The first kappa shape index (κ1) is 26.4. The molecule has 0 saturated heterocycles. The van der Waals surface area contributed by atoms with Gasteiger partial charge in [-0.3, -0.25) is 4.98 Å². The van der Waals surface area contributed by atoms with Gasteiger partial charge < -0.3 is 25.5 Å². The molecule has 1 aliphatic carbocycles. The third kappa shape index (κ3) is 5.09. The molecular formula is C28H34N6O3S. The Labute approximate surface area is 226 Å². The van der Waals surface area contributed by atoms with Gasteiger partial charge in [-0.2, -0.15) is 4.98 Å². The van der Waals surface area contributed by atoms with Gasteiger partial charge in [0.1, 0.15) is 22.4 Å². The van der Waals surface area contributed by atoms with Crippen molar-refractivity contribution in [1.82, 2.24) is 19.9 Å². The first-order valence-corrected chi connectivity index (χ1v) is 13.6. The van der Waals surface area contributed by atoms with Crippen molar-refractivity contribution in [3.63, 3.8) is 0 Å². The monoisotopic (exact) mass is 534 g/mol. The topological polar surface area (TPSA) is 128 Å². The van der Waals surface area contributed by atoms with Crippen LogP contribution in [-0.4, -0.2) is 66.2 Å². The lowest BCUT2D eigenvalue weighted by Gasteiger charge is -2.28. The Morgan fingerprint density at radius 1 is 1.03 bits per heavy atom. The summed E-state index contributed by atoms with van der Waals surface area (Å²) in [6, 6.07) is 11.5. The number of hydrogen-bond donors (Lipinski definition) is 4. The van der Waals surface area contributed by atoms with Crippen LogP contribution in [-0.2, 0) is 6.54 Å². The molecule has 3 heterocycles. The van der Waals surface area contributed by atoms with Crippen LogP contribution < -0.4 is 10.2 Å². The Morgan fingerprint density at radius 3 is 2.42 bits per heavy atom. The molecule has 38 heavy (non-hydrogen) atoms. The molecule has 0 radical (unpaired) electrons. The van der Waals surface area contributed by atoms with Crippen LogP contribution in [0.1, 0.15) is 37.2 Å². The first-order valence-electron chi connectivity index (χ1n) is 12.7. The normalized spacial score (nSPS) is 21.7. The van der Waals surface area contributed by atoms with E-state index >= 15 is 0 Å². The lowest BCUT2D eigenvalue weighted by molar-refractivity contribution is -0.0601. The van der Waals surface area contributed by atoms with E-state index in [2.05, 4.69) is 22.4 Å². The van der Waals surface area contributed by atoms with Crippen LogP contribution in [0.5, 0.6) is 0 Å². The number of rotatable bonds is 7. The summed E-state index contributed by atoms with van der Waals surface area (Å²) >= 11 is 1.54. The predicted octanol–water partition coefficient (Wildman–Crippen LogP) is 3.69. The summed E-state index contributed by atoms with van der Waals surface area (Å²) in [4.78, 5) is 21.0. The summed E-state index contributed by atoms with van der Waals surface area (Å²) in [5.41, 5.74) is 3.16. The molecule has 10 heteroatoms. The van der Waals surface area contributed by atoms with Gasteiger partial charge in [-0.05, 0) is 45.7 Å². The smallest absolute Gasteiger partial charge is 0.227 e. The first-order chi connectivity index (χ1) is 18.0. The van der Waals surface area contributed by atoms with Crippen molar-refractivity contribution in [2.45, 2.75) is 64.5 Å². The number of benzene rings is 1. The summed E-state index contributed by atoms with van der Waals surface area (Å²) in [5.74, 6) is 0.575. The van der Waals surface area contributed by atoms with Crippen LogP contribution >= 0.6 is 11.3 Å². The quantitative estimate of drug-likeness (QED) is 0.281. The van der Waals surface area contributed by atoms with E-state index in [4.69, 9.17) is 15.0 Å². The zero-order chi connectivity index (χ0) is 27.2. The number of aliphatic hydroxyl groups excluding tert-OH is 2. The Balaban J connectivity index is 1.57. The minimum absolute atomic E-state index is 0.381. The van der Waals surface area contributed by atoms with Gasteiger partial charge in [-0.25, -0.2) is 9.97 Å². The minimum atomic E-state index is -1.14. The molecule has 0 unspecified atom stereocenters. The van der Waals surface area contributed by atoms with Crippen molar-refractivity contribution < 1.29 is 15.3 Å². The third-order valence-corrected chi connectivity index (χ3v) is 8.34. The Hall–Kier alpha value is -3.18. The second kappa shape index (κ2) is 10.2. The van der Waals surface area contributed by atoms with E-state index in [-0.39, 0.29) is 0 Å². The SMILES string of the molecule is Cc1nc(N(C)Cc2ccccc2)nc(N[C@@H]2C[C@H](C(C)(C)O)[C@@H](O)[C@H]2O)c1-c1nc2c(C)nccc2s1. The number of thiazole rings is 1. The summed E-state index contributed by atoms with van der Waals surface area (Å²) in [7, 11) is 1.94. The van der Waals surface area contributed by atoms with Crippen molar-refractivity contribution >= 4 is 33.3 Å². The molecule has 1 fully saturated rings. The summed E-state index contributed by atoms with van der Waals surface area (Å²) in [6.07, 6.45) is 0.0283. The van der Waals surface area contributed by atoms with Crippen molar-refractivity contribution in [1.29, 1.82) is 0 Å². The maximum atomic E-state index is 10.9. The molecule has 0 spiro atoms. The number of aliphatic hydroxyl groups is 3. The number of pyridine rings is 1. The highest BCUT2D eigenvalue weighted by Gasteiger charge is 2.48. The molecule has 4 atom stereocenters. The van der Waals surface area contributed by atoms with E-state index in [1.807, 2.05) is 50.1 Å². The van der Waals surface area contributed by atoms with Crippen molar-refractivity contribution in [2.24, 2.45) is 5.92 Å². The van der Waals surface area contributed by atoms with Crippen LogP contribution in [0.15, 0.2) is 42.6 Å². The Kier molecular flexibility index (Phi) is 7.08. The molecule has 4 N–H and O–H groups in total. The zero-order valence-electron chi connectivity index (χ0n) is 22.3. The van der Waals surface area contributed by atoms with Crippen molar-refractivity contribution in [3.8, 4) is 10.6 Å². The third-order valence-electron chi connectivity index (χ3n) is 7.30. The van der Waals surface area contributed by atoms with E-state index in [1.165, 1.54) is 11.3 Å². The number of aryl methyl sites for hydroxylation is 2. The highest BCUT2D eigenvalue weighted by Crippen LogP contribution is 2.40. The molecule has 5 rings (SSSR count). The fourth-order valence-electron chi connectivity index (χ4n) is 5.16. The van der Waals surface area contributed by atoms with Gasteiger partial charge in [-0.1, -0.05) is 30.3 Å².